The number of rotatable bonds is 9. The molecule has 0 saturated carbocycles. The van der Waals surface area contributed by atoms with Gasteiger partial charge in [0, 0.05) is 30.0 Å². The molecule has 0 saturated heterocycles. The summed E-state index contributed by atoms with van der Waals surface area (Å²) in [5.74, 6) is 1.17. The van der Waals surface area contributed by atoms with Gasteiger partial charge in [0.25, 0.3) is 0 Å². The number of para-hydroxylation sites is 1. The van der Waals surface area contributed by atoms with Gasteiger partial charge in [-0.15, -0.1) is 0 Å². The predicted octanol–water partition coefficient (Wildman–Crippen LogP) is 5.44. The summed E-state index contributed by atoms with van der Waals surface area (Å²) in [7, 11) is 0. The third-order valence-corrected chi connectivity index (χ3v) is 4.16. The van der Waals surface area contributed by atoms with Crippen molar-refractivity contribution in [2.24, 2.45) is 0 Å². The Hall–Kier alpha value is -1.28. The van der Waals surface area contributed by atoms with E-state index in [1.165, 1.54) is 48.8 Å². The van der Waals surface area contributed by atoms with Gasteiger partial charge in [-0.3, -0.25) is 0 Å². The van der Waals surface area contributed by atoms with Crippen LogP contribution < -0.4 is 5.32 Å². The van der Waals surface area contributed by atoms with E-state index < -0.39 is 0 Å². The minimum absolute atomic E-state index is 0.567. The van der Waals surface area contributed by atoms with E-state index in [1.807, 2.05) is 0 Å². The van der Waals surface area contributed by atoms with Crippen LogP contribution in [-0.2, 0) is 13.0 Å². The van der Waals surface area contributed by atoms with Crippen LogP contribution in [-0.4, -0.2) is 6.04 Å². The number of nitrogens with one attached hydrogen (secondary N) is 1. The lowest BCUT2D eigenvalue weighted by Gasteiger charge is -2.13. The van der Waals surface area contributed by atoms with Gasteiger partial charge in [0.2, 0.25) is 0 Å². The zero-order valence-corrected chi connectivity index (χ0v) is 13.7. The van der Waals surface area contributed by atoms with Crippen LogP contribution in [0, 0.1) is 0 Å². The second-order valence-corrected chi connectivity index (χ2v) is 6.03. The third kappa shape index (κ3) is 4.34. The fourth-order valence-electron chi connectivity index (χ4n) is 2.77. The molecule has 2 heteroatoms. The van der Waals surface area contributed by atoms with Crippen molar-refractivity contribution in [2.45, 2.75) is 71.9 Å². The number of fused-ring (bicyclic) bond motifs is 1. The molecule has 0 radical (unpaired) electrons. The summed E-state index contributed by atoms with van der Waals surface area (Å²) in [4.78, 5) is 0. The molecule has 0 amide bonds. The van der Waals surface area contributed by atoms with E-state index in [0.717, 1.165) is 18.5 Å². The average Bonchev–Trinajstić information content (AvgIpc) is 2.86. The summed E-state index contributed by atoms with van der Waals surface area (Å²) in [6, 6.07) is 8.98. The molecule has 2 aromatic rings. The van der Waals surface area contributed by atoms with Crippen LogP contribution in [0.5, 0.6) is 0 Å². The molecule has 2 nitrogen and oxygen atoms in total. The van der Waals surface area contributed by atoms with Gasteiger partial charge < -0.3 is 9.73 Å². The van der Waals surface area contributed by atoms with Crippen LogP contribution in [0.1, 0.15) is 64.2 Å². The Morgan fingerprint density at radius 1 is 1.10 bits per heavy atom. The molecule has 1 aromatic heterocycles. The van der Waals surface area contributed by atoms with Crippen molar-refractivity contribution in [3.8, 4) is 0 Å². The second kappa shape index (κ2) is 8.23. The van der Waals surface area contributed by atoms with Crippen LogP contribution in [0.2, 0.25) is 0 Å². The topological polar surface area (TPSA) is 25.2 Å². The van der Waals surface area contributed by atoms with Gasteiger partial charge in [0.15, 0.2) is 0 Å². The van der Waals surface area contributed by atoms with Crippen molar-refractivity contribution in [3.63, 3.8) is 0 Å². The van der Waals surface area contributed by atoms with Gasteiger partial charge in [-0.05, 0) is 25.8 Å². The Morgan fingerprint density at radius 3 is 2.62 bits per heavy atom. The Bertz CT molecular complexity index is 543. The van der Waals surface area contributed by atoms with Crippen LogP contribution in [0.4, 0.5) is 0 Å². The maximum atomic E-state index is 6.07. The standard InChI is InChI=1S/C19H29NO/c1-4-6-10-15(3)20-14-17-16-11-8-9-13-18(16)21-19(17)12-7-5-2/h8-9,11,13,15,20H,4-7,10,12,14H2,1-3H3. The summed E-state index contributed by atoms with van der Waals surface area (Å²) in [5.41, 5.74) is 2.39. The Morgan fingerprint density at radius 2 is 1.86 bits per heavy atom. The van der Waals surface area contributed by atoms with Gasteiger partial charge in [0.05, 0.1) is 0 Å². The zero-order valence-electron chi connectivity index (χ0n) is 13.7. The monoisotopic (exact) mass is 287 g/mol. The van der Waals surface area contributed by atoms with Gasteiger partial charge in [-0.25, -0.2) is 0 Å². The summed E-state index contributed by atoms with van der Waals surface area (Å²) >= 11 is 0. The Labute approximate surface area is 128 Å². The second-order valence-electron chi connectivity index (χ2n) is 6.03. The highest BCUT2D eigenvalue weighted by molar-refractivity contribution is 5.82. The van der Waals surface area contributed by atoms with E-state index in [2.05, 4.69) is 50.4 Å². The minimum Gasteiger partial charge on any atom is -0.461 e. The first-order valence-corrected chi connectivity index (χ1v) is 8.48. The van der Waals surface area contributed by atoms with Crippen molar-refractivity contribution in [3.05, 3.63) is 35.6 Å². The maximum absolute atomic E-state index is 6.07. The molecular weight excluding hydrogens is 258 g/mol. The van der Waals surface area contributed by atoms with Gasteiger partial charge in [-0.1, -0.05) is 51.3 Å². The average molecular weight is 287 g/mol. The highest BCUT2D eigenvalue weighted by atomic mass is 16.3. The molecule has 2 rings (SSSR count). The zero-order chi connectivity index (χ0) is 15.1. The maximum Gasteiger partial charge on any atom is 0.134 e. The molecule has 1 atom stereocenters. The summed E-state index contributed by atoms with van der Waals surface area (Å²) in [5, 5.41) is 4.95. The molecule has 0 aliphatic rings. The Balaban J connectivity index is 2.11. The molecule has 0 spiro atoms. The van der Waals surface area contributed by atoms with E-state index in [4.69, 9.17) is 4.42 Å². The van der Waals surface area contributed by atoms with Crippen LogP contribution in [0.25, 0.3) is 11.0 Å². The van der Waals surface area contributed by atoms with Crippen LogP contribution in [0.3, 0.4) is 0 Å². The van der Waals surface area contributed by atoms with Crippen molar-refractivity contribution in [2.75, 3.05) is 0 Å². The van der Waals surface area contributed by atoms with E-state index in [0.29, 0.717) is 6.04 Å². The molecule has 1 unspecified atom stereocenters. The summed E-state index contributed by atoms with van der Waals surface area (Å²) in [6.07, 6.45) is 7.25. The van der Waals surface area contributed by atoms with Gasteiger partial charge >= 0.3 is 0 Å². The largest absolute Gasteiger partial charge is 0.461 e. The molecule has 1 aromatic carbocycles. The smallest absolute Gasteiger partial charge is 0.134 e. The Kier molecular flexibility index (Phi) is 6.31. The number of hydrogen-bond donors (Lipinski definition) is 1. The van der Waals surface area contributed by atoms with Crippen LogP contribution >= 0.6 is 0 Å². The van der Waals surface area contributed by atoms with Crippen LogP contribution in [0.15, 0.2) is 28.7 Å². The number of aryl methyl sites for hydroxylation is 1. The van der Waals surface area contributed by atoms with Crippen molar-refractivity contribution < 1.29 is 4.42 Å². The molecule has 0 bridgehead atoms. The molecule has 1 N–H and O–H groups in total. The quantitative estimate of drug-likeness (QED) is 0.664. The van der Waals surface area contributed by atoms with Crippen molar-refractivity contribution in [1.82, 2.24) is 5.32 Å². The highest BCUT2D eigenvalue weighted by Crippen LogP contribution is 2.27. The molecule has 116 valence electrons. The van der Waals surface area contributed by atoms with E-state index in [9.17, 15) is 0 Å². The fourth-order valence-corrected chi connectivity index (χ4v) is 2.77. The van der Waals surface area contributed by atoms with E-state index in [1.54, 1.807) is 0 Å². The van der Waals surface area contributed by atoms with E-state index >= 15 is 0 Å². The predicted molar refractivity (Wildman–Crippen MR) is 90.7 cm³/mol. The minimum atomic E-state index is 0.567. The third-order valence-electron chi connectivity index (χ3n) is 4.16. The highest BCUT2D eigenvalue weighted by Gasteiger charge is 2.14. The fraction of sp³-hybridized carbons (Fsp3) is 0.579. The molecular formula is C19H29NO. The molecule has 0 aliphatic heterocycles. The lowest BCUT2D eigenvalue weighted by molar-refractivity contribution is 0.482. The van der Waals surface area contributed by atoms with Gasteiger partial charge in [0.1, 0.15) is 11.3 Å². The first kappa shape index (κ1) is 16.1. The van der Waals surface area contributed by atoms with Crippen molar-refractivity contribution in [1.29, 1.82) is 0 Å². The number of furan rings is 1. The SMILES string of the molecule is CCCCc1oc2ccccc2c1CNC(C)CCCC. The number of hydrogen-bond acceptors (Lipinski definition) is 2. The van der Waals surface area contributed by atoms with Gasteiger partial charge in [-0.2, -0.15) is 0 Å². The number of benzene rings is 1. The molecule has 0 fully saturated rings. The first-order valence-electron chi connectivity index (χ1n) is 8.48. The van der Waals surface area contributed by atoms with E-state index in [-0.39, 0.29) is 0 Å². The lowest BCUT2D eigenvalue weighted by Crippen LogP contribution is -2.25. The lowest BCUT2D eigenvalue weighted by atomic mass is 10.1. The number of unbranched alkanes of at least 4 members (excludes halogenated alkanes) is 2. The molecule has 21 heavy (non-hydrogen) atoms. The summed E-state index contributed by atoms with van der Waals surface area (Å²) in [6.45, 7) is 7.68. The first-order chi connectivity index (χ1) is 10.3. The normalized spacial score (nSPS) is 12.9. The molecule has 1 heterocycles. The van der Waals surface area contributed by atoms with Crippen molar-refractivity contribution >= 4 is 11.0 Å². The summed E-state index contributed by atoms with van der Waals surface area (Å²) < 4.78 is 6.07. The molecule has 0 aliphatic carbocycles.